The highest BCUT2D eigenvalue weighted by Gasteiger charge is 2.37. The summed E-state index contributed by atoms with van der Waals surface area (Å²) in [5.74, 6) is 1.08. The molecule has 0 saturated heterocycles. The van der Waals surface area contributed by atoms with E-state index in [9.17, 15) is 4.79 Å². The van der Waals surface area contributed by atoms with Gasteiger partial charge in [0.2, 0.25) is 0 Å². The first kappa shape index (κ1) is 12.1. The zero-order valence-electron chi connectivity index (χ0n) is 11.3. The van der Waals surface area contributed by atoms with Crippen LogP contribution in [0.3, 0.4) is 0 Å². The number of allylic oxidation sites excluding steroid dienone is 2. The molecule has 1 N–H and O–H groups in total. The van der Waals surface area contributed by atoms with Crippen LogP contribution in [0.4, 0.5) is 0 Å². The second-order valence-electron chi connectivity index (χ2n) is 5.36. The lowest BCUT2D eigenvalue weighted by atomic mass is 9.74. The van der Waals surface area contributed by atoms with Crippen LogP contribution >= 0.6 is 0 Å². The van der Waals surface area contributed by atoms with E-state index in [4.69, 9.17) is 0 Å². The Labute approximate surface area is 112 Å². The highest BCUT2D eigenvalue weighted by molar-refractivity contribution is 5.94. The van der Waals surface area contributed by atoms with Gasteiger partial charge in [0.1, 0.15) is 6.54 Å². The minimum absolute atomic E-state index is 0.117. The normalized spacial score (nSPS) is 26.3. The minimum atomic E-state index is -0.117. The summed E-state index contributed by atoms with van der Waals surface area (Å²) in [7, 11) is 0. The minimum Gasteiger partial charge on any atom is -0.271 e. The van der Waals surface area contributed by atoms with Gasteiger partial charge < -0.3 is 0 Å². The number of hydrazone groups is 1. The quantitative estimate of drug-likeness (QED) is 0.661. The van der Waals surface area contributed by atoms with Crippen molar-refractivity contribution in [2.24, 2.45) is 16.9 Å². The Balaban J connectivity index is 1.55. The van der Waals surface area contributed by atoms with Crippen molar-refractivity contribution < 1.29 is 4.79 Å². The summed E-state index contributed by atoms with van der Waals surface area (Å²) >= 11 is 0. The molecule has 2 aliphatic rings. The third-order valence-electron chi connectivity index (χ3n) is 3.88. The molecule has 0 unspecified atom stereocenters. The molecule has 1 saturated carbocycles. The third kappa shape index (κ3) is 2.32. The van der Waals surface area contributed by atoms with Gasteiger partial charge in [-0.05, 0) is 38.7 Å². The van der Waals surface area contributed by atoms with Crippen molar-refractivity contribution in [3.05, 3.63) is 29.6 Å². The standard InChI is InChI=1S/C14H18N4O/c1-9-6-10(2)18(17-9)8-14(19)16-15-13-7-11-4-3-5-12(11)13/h3-4,6,11-12H,5,7-8H2,1-2H3,(H,16,19)/b15-13+/t11-,12-/m0/s1. The van der Waals surface area contributed by atoms with Gasteiger partial charge >= 0.3 is 0 Å². The number of carbonyl (C=O) groups is 1. The zero-order valence-corrected chi connectivity index (χ0v) is 11.3. The van der Waals surface area contributed by atoms with Gasteiger partial charge in [0.15, 0.2) is 0 Å². The van der Waals surface area contributed by atoms with Crippen molar-refractivity contribution in [1.82, 2.24) is 15.2 Å². The summed E-state index contributed by atoms with van der Waals surface area (Å²) in [6, 6.07) is 1.96. The average molecular weight is 258 g/mol. The van der Waals surface area contributed by atoms with E-state index < -0.39 is 0 Å². The van der Waals surface area contributed by atoms with Gasteiger partial charge in [0.25, 0.3) is 5.91 Å². The van der Waals surface area contributed by atoms with Gasteiger partial charge in [0.05, 0.1) is 5.69 Å². The summed E-state index contributed by atoms with van der Waals surface area (Å²) in [6.45, 7) is 4.09. The SMILES string of the molecule is Cc1cc(C)n(CC(=O)N/N=C2\C[C@@H]3C=CC[C@H]23)n1. The van der Waals surface area contributed by atoms with E-state index in [1.54, 1.807) is 4.68 Å². The predicted octanol–water partition coefficient (Wildman–Crippen LogP) is 1.57. The lowest BCUT2D eigenvalue weighted by Crippen LogP contribution is -2.36. The molecule has 5 heteroatoms. The van der Waals surface area contributed by atoms with E-state index in [2.05, 4.69) is 27.8 Å². The number of hydrogen-bond acceptors (Lipinski definition) is 3. The molecule has 3 rings (SSSR count). The number of rotatable bonds is 3. The Bertz CT molecular complexity index is 570. The number of nitrogens with one attached hydrogen (secondary N) is 1. The largest absolute Gasteiger partial charge is 0.271 e. The molecule has 1 amide bonds. The van der Waals surface area contributed by atoms with Crippen LogP contribution in [0.2, 0.25) is 0 Å². The molecule has 100 valence electrons. The molecule has 1 heterocycles. The Morgan fingerprint density at radius 3 is 3.11 bits per heavy atom. The monoisotopic (exact) mass is 258 g/mol. The fraction of sp³-hybridized carbons (Fsp3) is 0.500. The van der Waals surface area contributed by atoms with Crippen molar-refractivity contribution in [1.29, 1.82) is 0 Å². The van der Waals surface area contributed by atoms with Crippen molar-refractivity contribution in [2.45, 2.75) is 33.2 Å². The fourth-order valence-electron chi connectivity index (χ4n) is 2.80. The van der Waals surface area contributed by atoms with Gasteiger partial charge in [0, 0.05) is 17.3 Å². The smallest absolute Gasteiger partial charge is 0.261 e. The first-order valence-electron chi connectivity index (χ1n) is 6.66. The number of nitrogens with zero attached hydrogens (tertiary/aromatic N) is 3. The highest BCUT2D eigenvalue weighted by Crippen LogP contribution is 2.39. The number of aryl methyl sites for hydroxylation is 2. The number of amides is 1. The summed E-state index contributed by atoms with van der Waals surface area (Å²) in [6.07, 6.45) is 6.51. The molecule has 0 spiro atoms. The van der Waals surface area contributed by atoms with Gasteiger partial charge in [-0.15, -0.1) is 0 Å². The highest BCUT2D eigenvalue weighted by atomic mass is 16.2. The molecular formula is C14H18N4O. The molecule has 0 bridgehead atoms. The van der Waals surface area contributed by atoms with Crippen LogP contribution in [-0.2, 0) is 11.3 Å². The predicted molar refractivity (Wildman–Crippen MR) is 72.6 cm³/mol. The molecule has 1 aromatic rings. The summed E-state index contributed by atoms with van der Waals surface area (Å²) in [4.78, 5) is 11.8. The summed E-state index contributed by atoms with van der Waals surface area (Å²) in [5.41, 5.74) is 5.68. The molecule has 2 atom stereocenters. The van der Waals surface area contributed by atoms with Crippen LogP contribution in [0, 0.1) is 25.7 Å². The maximum Gasteiger partial charge on any atom is 0.261 e. The van der Waals surface area contributed by atoms with Crippen molar-refractivity contribution in [2.75, 3.05) is 0 Å². The van der Waals surface area contributed by atoms with E-state index in [1.165, 1.54) is 0 Å². The molecule has 0 aromatic carbocycles. The van der Waals surface area contributed by atoms with Crippen LogP contribution in [0.1, 0.15) is 24.2 Å². The maximum absolute atomic E-state index is 11.8. The second-order valence-corrected chi connectivity index (χ2v) is 5.36. The zero-order chi connectivity index (χ0) is 13.4. The molecular weight excluding hydrogens is 240 g/mol. The molecule has 0 radical (unpaired) electrons. The van der Waals surface area contributed by atoms with Crippen LogP contribution in [0.5, 0.6) is 0 Å². The Kier molecular flexibility index (Phi) is 2.97. The summed E-state index contributed by atoms with van der Waals surface area (Å²) in [5, 5.41) is 8.50. The topological polar surface area (TPSA) is 59.3 Å². The lowest BCUT2D eigenvalue weighted by Gasteiger charge is -2.31. The van der Waals surface area contributed by atoms with Gasteiger partial charge in [-0.1, -0.05) is 12.2 Å². The number of carbonyl (C=O) groups excluding carboxylic acids is 1. The molecule has 1 aromatic heterocycles. The number of hydrogen-bond donors (Lipinski definition) is 1. The Hall–Kier alpha value is -1.91. The number of aromatic nitrogens is 2. The lowest BCUT2D eigenvalue weighted by molar-refractivity contribution is -0.121. The van der Waals surface area contributed by atoms with Gasteiger partial charge in [-0.25, -0.2) is 5.43 Å². The Morgan fingerprint density at radius 2 is 2.42 bits per heavy atom. The van der Waals surface area contributed by atoms with E-state index in [-0.39, 0.29) is 12.5 Å². The summed E-state index contributed by atoms with van der Waals surface area (Å²) < 4.78 is 1.70. The first-order chi connectivity index (χ1) is 9.13. The van der Waals surface area contributed by atoms with Crippen LogP contribution < -0.4 is 5.43 Å². The maximum atomic E-state index is 11.8. The molecule has 2 aliphatic carbocycles. The Morgan fingerprint density at radius 1 is 1.58 bits per heavy atom. The van der Waals surface area contributed by atoms with E-state index in [0.29, 0.717) is 11.8 Å². The third-order valence-corrected chi connectivity index (χ3v) is 3.88. The van der Waals surface area contributed by atoms with Crippen LogP contribution in [0.15, 0.2) is 23.3 Å². The van der Waals surface area contributed by atoms with Gasteiger partial charge in [-0.2, -0.15) is 10.2 Å². The fourth-order valence-corrected chi connectivity index (χ4v) is 2.80. The second kappa shape index (κ2) is 4.64. The first-order valence-corrected chi connectivity index (χ1v) is 6.66. The van der Waals surface area contributed by atoms with E-state index in [0.717, 1.165) is 29.9 Å². The van der Waals surface area contributed by atoms with Crippen molar-refractivity contribution in [3.8, 4) is 0 Å². The van der Waals surface area contributed by atoms with Crippen molar-refractivity contribution in [3.63, 3.8) is 0 Å². The van der Waals surface area contributed by atoms with Crippen LogP contribution in [0.25, 0.3) is 0 Å². The molecule has 1 fully saturated rings. The van der Waals surface area contributed by atoms with Crippen LogP contribution in [-0.4, -0.2) is 21.4 Å². The average Bonchev–Trinajstić information content (AvgIpc) is 2.83. The van der Waals surface area contributed by atoms with Crippen molar-refractivity contribution >= 4 is 11.6 Å². The van der Waals surface area contributed by atoms with Gasteiger partial charge in [-0.3, -0.25) is 9.48 Å². The molecule has 0 aliphatic heterocycles. The molecule has 19 heavy (non-hydrogen) atoms. The number of fused-ring (bicyclic) bond motifs is 1. The van der Waals surface area contributed by atoms with E-state index >= 15 is 0 Å². The molecule has 5 nitrogen and oxygen atoms in total. The van der Waals surface area contributed by atoms with E-state index in [1.807, 2.05) is 19.9 Å².